The lowest BCUT2D eigenvalue weighted by molar-refractivity contribution is -0.122. The van der Waals surface area contributed by atoms with E-state index >= 15 is 0 Å². The molecule has 0 fully saturated rings. The number of aromatic nitrogens is 1. The van der Waals surface area contributed by atoms with Crippen LogP contribution in [0.2, 0.25) is 0 Å². The summed E-state index contributed by atoms with van der Waals surface area (Å²) in [6.07, 6.45) is 0. The fraction of sp³-hybridized carbons (Fsp3) is 0.148. The van der Waals surface area contributed by atoms with Crippen LogP contribution in [0.1, 0.15) is 43.6 Å². The Hall–Kier alpha value is -4.59. The number of nitrogens with zero attached hydrogens (tertiary/aromatic N) is 1. The van der Waals surface area contributed by atoms with E-state index in [0.717, 1.165) is 27.7 Å². The molecule has 0 spiro atoms. The Morgan fingerprint density at radius 2 is 1.69 bits per heavy atom. The summed E-state index contributed by atoms with van der Waals surface area (Å²) in [5, 5.41) is 0.998. The van der Waals surface area contributed by atoms with Gasteiger partial charge in [0.25, 0.3) is 17.7 Å². The van der Waals surface area contributed by atoms with E-state index in [1.54, 1.807) is 35.2 Å². The second-order valence-electron chi connectivity index (χ2n) is 8.36. The van der Waals surface area contributed by atoms with Gasteiger partial charge >= 0.3 is 0 Å². The molecule has 2 heterocycles. The van der Waals surface area contributed by atoms with Gasteiger partial charge in [-0.3, -0.25) is 25.2 Å². The summed E-state index contributed by atoms with van der Waals surface area (Å²) < 4.78 is 5.09. The van der Waals surface area contributed by atoms with Gasteiger partial charge in [-0.15, -0.1) is 0 Å². The largest absolute Gasteiger partial charge is 0.497 e. The standard InChI is InChI=1S/C27H24N4O4/c1-16-24(21-9-5-6-10-22(21)28-16)25-19-7-3-4-8-20(19)27(34)31(25)15-23(32)29-30-26(33)17-11-13-18(35-2)14-12-17/h3-14,25,28H,15H2,1-2H3,(H,29,32)(H,30,33). The Balaban J connectivity index is 1.39. The third kappa shape index (κ3) is 3.99. The van der Waals surface area contributed by atoms with E-state index < -0.39 is 17.9 Å². The number of methoxy groups -OCH3 is 1. The Bertz CT molecular complexity index is 1440. The predicted octanol–water partition coefficient (Wildman–Crippen LogP) is 3.49. The van der Waals surface area contributed by atoms with Crippen LogP contribution in [0.3, 0.4) is 0 Å². The Kier molecular flexibility index (Phi) is 5.70. The number of hydrazine groups is 1. The topological polar surface area (TPSA) is 104 Å². The molecule has 0 bridgehead atoms. The Morgan fingerprint density at radius 3 is 2.46 bits per heavy atom. The number of benzene rings is 3. The Morgan fingerprint density at radius 1 is 0.971 bits per heavy atom. The summed E-state index contributed by atoms with van der Waals surface area (Å²) in [4.78, 5) is 43.5. The van der Waals surface area contributed by atoms with E-state index in [-0.39, 0.29) is 12.5 Å². The van der Waals surface area contributed by atoms with Crippen LogP contribution in [-0.4, -0.2) is 41.3 Å². The van der Waals surface area contributed by atoms with Gasteiger partial charge in [-0.25, -0.2) is 0 Å². The molecular formula is C27H24N4O4. The van der Waals surface area contributed by atoms with Crippen molar-refractivity contribution in [2.24, 2.45) is 0 Å². The van der Waals surface area contributed by atoms with Crippen LogP contribution in [0.15, 0.2) is 72.8 Å². The molecule has 0 saturated carbocycles. The fourth-order valence-electron chi connectivity index (χ4n) is 4.63. The molecule has 0 saturated heterocycles. The molecule has 1 aliphatic heterocycles. The van der Waals surface area contributed by atoms with E-state index in [2.05, 4.69) is 15.8 Å². The van der Waals surface area contributed by atoms with Crippen LogP contribution >= 0.6 is 0 Å². The van der Waals surface area contributed by atoms with Crippen molar-refractivity contribution in [3.05, 3.63) is 101 Å². The molecule has 8 heteroatoms. The molecule has 176 valence electrons. The van der Waals surface area contributed by atoms with Crippen LogP contribution < -0.4 is 15.6 Å². The molecule has 4 aromatic rings. The number of H-pyrrole nitrogens is 1. The molecule has 1 atom stereocenters. The number of carbonyl (C=O) groups excluding carboxylic acids is 3. The van der Waals surface area contributed by atoms with Gasteiger partial charge in [-0.05, 0) is 48.9 Å². The zero-order chi connectivity index (χ0) is 24.5. The smallest absolute Gasteiger partial charge is 0.269 e. The summed E-state index contributed by atoms with van der Waals surface area (Å²) in [6.45, 7) is 1.74. The van der Waals surface area contributed by atoms with Gasteiger partial charge in [-0.2, -0.15) is 0 Å². The normalized spacial score (nSPS) is 14.6. The van der Waals surface area contributed by atoms with Crippen molar-refractivity contribution in [1.29, 1.82) is 0 Å². The number of aromatic amines is 1. The van der Waals surface area contributed by atoms with Crippen molar-refractivity contribution in [2.75, 3.05) is 13.7 Å². The maximum absolute atomic E-state index is 13.3. The minimum Gasteiger partial charge on any atom is -0.497 e. The highest BCUT2D eigenvalue weighted by Crippen LogP contribution is 2.42. The SMILES string of the molecule is COc1ccc(C(=O)NNC(=O)CN2C(=O)c3ccccc3C2c2c(C)[nH]c3ccccc23)cc1. The molecule has 3 amide bonds. The van der Waals surface area contributed by atoms with Crippen molar-refractivity contribution in [2.45, 2.75) is 13.0 Å². The van der Waals surface area contributed by atoms with Gasteiger partial charge in [0, 0.05) is 33.3 Å². The minimum absolute atomic E-state index is 0.222. The highest BCUT2D eigenvalue weighted by Gasteiger charge is 2.40. The van der Waals surface area contributed by atoms with Crippen LogP contribution in [0.4, 0.5) is 0 Å². The van der Waals surface area contributed by atoms with E-state index in [1.807, 2.05) is 49.4 Å². The average Bonchev–Trinajstić information content (AvgIpc) is 3.35. The zero-order valence-corrected chi connectivity index (χ0v) is 19.3. The second-order valence-corrected chi connectivity index (χ2v) is 8.36. The van der Waals surface area contributed by atoms with Crippen LogP contribution in [0.5, 0.6) is 5.75 Å². The van der Waals surface area contributed by atoms with Crippen LogP contribution in [0, 0.1) is 6.92 Å². The fourth-order valence-corrected chi connectivity index (χ4v) is 4.63. The first-order valence-corrected chi connectivity index (χ1v) is 11.2. The monoisotopic (exact) mass is 468 g/mol. The number of hydrogen-bond donors (Lipinski definition) is 3. The minimum atomic E-state index is -0.504. The van der Waals surface area contributed by atoms with E-state index in [4.69, 9.17) is 4.74 Å². The zero-order valence-electron chi connectivity index (χ0n) is 19.3. The van der Waals surface area contributed by atoms with E-state index in [9.17, 15) is 14.4 Å². The molecule has 5 rings (SSSR count). The van der Waals surface area contributed by atoms with Gasteiger partial charge < -0.3 is 14.6 Å². The van der Waals surface area contributed by atoms with Gasteiger partial charge in [0.15, 0.2) is 0 Å². The number of ether oxygens (including phenoxy) is 1. The van der Waals surface area contributed by atoms with Crippen molar-refractivity contribution in [1.82, 2.24) is 20.7 Å². The third-order valence-corrected chi connectivity index (χ3v) is 6.26. The molecule has 1 aliphatic rings. The highest BCUT2D eigenvalue weighted by atomic mass is 16.5. The van der Waals surface area contributed by atoms with Crippen LogP contribution in [-0.2, 0) is 4.79 Å². The molecule has 1 unspecified atom stereocenters. The number of amides is 3. The van der Waals surface area contributed by atoms with Gasteiger partial charge in [-0.1, -0.05) is 36.4 Å². The number of rotatable bonds is 5. The summed E-state index contributed by atoms with van der Waals surface area (Å²) in [5.74, 6) is -0.584. The number of nitrogens with one attached hydrogen (secondary N) is 3. The lowest BCUT2D eigenvalue weighted by atomic mass is 9.95. The number of aryl methyl sites for hydroxylation is 1. The predicted molar refractivity (Wildman–Crippen MR) is 131 cm³/mol. The highest BCUT2D eigenvalue weighted by molar-refractivity contribution is 6.03. The summed E-state index contributed by atoms with van der Waals surface area (Å²) in [5.41, 5.74) is 9.47. The number of hydrogen-bond acceptors (Lipinski definition) is 4. The maximum Gasteiger partial charge on any atom is 0.269 e. The van der Waals surface area contributed by atoms with Gasteiger partial charge in [0.05, 0.1) is 13.2 Å². The van der Waals surface area contributed by atoms with Gasteiger partial charge in [0.2, 0.25) is 0 Å². The molecule has 35 heavy (non-hydrogen) atoms. The molecule has 0 radical (unpaired) electrons. The third-order valence-electron chi connectivity index (χ3n) is 6.26. The van der Waals surface area contributed by atoms with Crippen LogP contribution in [0.25, 0.3) is 10.9 Å². The average molecular weight is 469 g/mol. The summed E-state index contributed by atoms with van der Waals surface area (Å²) in [7, 11) is 1.54. The van der Waals surface area contributed by atoms with E-state index in [1.165, 1.54) is 7.11 Å². The second kappa shape index (κ2) is 8.98. The summed E-state index contributed by atoms with van der Waals surface area (Å²) in [6, 6.07) is 21.4. The molecule has 3 N–H and O–H groups in total. The van der Waals surface area contributed by atoms with Crippen molar-refractivity contribution >= 4 is 28.6 Å². The lowest BCUT2D eigenvalue weighted by Gasteiger charge is -2.25. The number of fused-ring (bicyclic) bond motifs is 2. The Labute approximate surface area is 201 Å². The molecule has 0 aliphatic carbocycles. The first kappa shape index (κ1) is 22.2. The molecule has 1 aromatic heterocycles. The first-order chi connectivity index (χ1) is 17.0. The number of carbonyl (C=O) groups is 3. The van der Waals surface area contributed by atoms with Crippen molar-refractivity contribution < 1.29 is 19.1 Å². The lowest BCUT2D eigenvalue weighted by Crippen LogP contribution is -2.47. The first-order valence-electron chi connectivity index (χ1n) is 11.2. The van der Waals surface area contributed by atoms with Gasteiger partial charge in [0.1, 0.15) is 12.3 Å². The molecule has 8 nitrogen and oxygen atoms in total. The quantitative estimate of drug-likeness (QED) is 0.390. The maximum atomic E-state index is 13.3. The number of para-hydroxylation sites is 1. The summed E-state index contributed by atoms with van der Waals surface area (Å²) >= 11 is 0. The molecular weight excluding hydrogens is 444 g/mol. The van der Waals surface area contributed by atoms with Crippen molar-refractivity contribution in [3.63, 3.8) is 0 Å². The van der Waals surface area contributed by atoms with Crippen molar-refractivity contribution in [3.8, 4) is 5.75 Å². The molecule has 3 aromatic carbocycles. The van der Waals surface area contributed by atoms with E-state index in [0.29, 0.717) is 16.9 Å².